The van der Waals surface area contributed by atoms with Gasteiger partial charge in [-0.15, -0.1) is 0 Å². The Hall–Kier alpha value is -1.81. The summed E-state index contributed by atoms with van der Waals surface area (Å²) < 4.78 is 4.55. The number of phenols is 1. The predicted octanol–water partition coefficient (Wildman–Crippen LogP) is 0.949. The molecule has 4 nitrogen and oxygen atoms in total. The van der Waals surface area contributed by atoms with Crippen LogP contribution in [0.2, 0.25) is 0 Å². The Kier molecular flexibility index (Phi) is 3.88. The van der Waals surface area contributed by atoms with E-state index in [1.165, 1.54) is 0 Å². The van der Waals surface area contributed by atoms with Crippen LogP contribution >= 0.6 is 0 Å². The zero-order valence-electron chi connectivity index (χ0n) is 8.22. The summed E-state index contributed by atoms with van der Waals surface area (Å²) in [6.07, 6.45) is 1.42. The van der Waals surface area contributed by atoms with Crippen molar-refractivity contribution in [1.82, 2.24) is 0 Å². The molecule has 0 saturated heterocycles. The zero-order valence-corrected chi connectivity index (χ0v) is 8.22. The molecule has 4 heteroatoms. The summed E-state index contributed by atoms with van der Waals surface area (Å²) in [6, 6.07) is 5.78. The average Bonchev–Trinajstić information content (AvgIpc) is 2.22. The van der Waals surface area contributed by atoms with Crippen molar-refractivity contribution in [2.75, 3.05) is 0 Å². The molecule has 0 unspecified atom stereocenters. The zero-order chi connectivity index (χ0) is 11.3. The Morgan fingerprint density at radius 1 is 1.53 bits per heavy atom. The van der Waals surface area contributed by atoms with Crippen LogP contribution in [0.15, 0.2) is 37.1 Å². The molecule has 3 N–H and O–H groups in total. The van der Waals surface area contributed by atoms with Crippen LogP contribution < -0.4 is 5.73 Å². The molecule has 0 fully saturated rings. The molecular weight excluding hydrogens is 194 g/mol. The van der Waals surface area contributed by atoms with E-state index >= 15 is 0 Å². The Morgan fingerprint density at radius 2 is 2.13 bits per heavy atom. The van der Waals surface area contributed by atoms with Gasteiger partial charge in [0.25, 0.3) is 0 Å². The Bertz CT molecular complexity index is 345. The highest BCUT2D eigenvalue weighted by Crippen LogP contribution is 2.11. The van der Waals surface area contributed by atoms with Crippen molar-refractivity contribution in [3.05, 3.63) is 42.7 Å². The van der Waals surface area contributed by atoms with Crippen LogP contribution in [-0.2, 0) is 16.0 Å². The number of phenolic OH excluding ortho intramolecular Hbond substituents is 1. The van der Waals surface area contributed by atoms with E-state index in [2.05, 4.69) is 11.3 Å². The molecule has 1 aromatic rings. The van der Waals surface area contributed by atoms with E-state index in [1.807, 2.05) is 0 Å². The van der Waals surface area contributed by atoms with Gasteiger partial charge in [0.2, 0.25) is 0 Å². The number of carbonyl (C=O) groups is 1. The van der Waals surface area contributed by atoms with Crippen molar-refractivity contribution >= 4 is 5.97 Å². The molecular formula is C11H13NO3. The summed E-state index contributed by atoms with van der Waals surface area (Å²) in [6.45, 7) is 3.27. The SMILES string of the molecule is C=COC(=O)[C@@H](N)Cc1ccc(O)cc1. The molecule has 0 amide bonds. The van der Waals surface area contributed by atoms with Crippen molar-refractivity contribution in [2.45, 2.75) is 12.5 Å². The van der Waals surface area contributed by atoms with Crippen molar-refractivity contribution < 1.29 is 14.6 Å². The Balaban J connectivity index is 2.57. The van der Waals surface area contributed by atoms with Gasteiger partial charge in [0.05, 0.1) is 6.26 Å². The lowest BCUT2D eigenvalue weighted by Crippen LogP contribution is -2.33. The minimum Gasteiger partial charge on any atom is -0.508 e. The normalized spacial score (nSPS) is 11.8. The van der Waals surface area contributed by atoms with Gasteiger partial charge in [-0.25, -0.2) is 4.79 Å². The lowest BCUT2D eigenvalue weighted by atomic mass is 10.1. The van der Waals surface area contributed by atoms with E-state index in [0.717, 1.165) is 11.8 Å². The molecule has 0 bridgehead atoms. The molecule has 0 radical (unpaired) electrons. The van der Waals surface area contributed by atoms with Crippen molar-refractivity contribution in [2.24, 2.45) is 5.73 Å². The summed E-state index contributed by atoms with van der Waals surface area (Å²) in [5, 5.41) is 9.05. The van der Waals surface area contributed by atoms with Crippen molar-refractivity contribution in [3.8, 4) is 5.75 Å². The van der Waals surface area contributed by atoms with Gasteiger partial charge in [-0.05, 0) is 24.1 Å². The van der Waals surface area contributed by atoms with E-state index in [4.69, 9.17) is 10.8 Å². The molecule has 0 saturated carbocycles. The molecule has 1 aromatic carbocycles. The molecule has 0 aromatic heterocycles. The molecule has 80 valence electrons. The van der Waals surface area contributed by atoms with Crippen LogP contribution in [0, 0.1) is 0 Å². The first-order chi connectivity index (χ1) is 7.13. The van der Waals surface area contributed by atoms with Crippen LogP contribution in [0.4, 0.5) is 0 Å². The summed E-state index contributed by atoms with van der Waals surface area (Å²) >= 11 is 0. The van der Waals surface area contributed by atoms with E-state index in [9.17, 15) is 4.79 Å². The summed E-state index contributed by atoms with van der Waals surface area (Å²) in [5.41, 5.74) is 6.45. The standard InChI is InChI=1S/C11H13NO3/c1-2-15-11(14)10(12)7-8-3-5-9(13)6-4-8/h2-6,10,13H,1,7,12H2/t10-/m0/s1. The number of aromatic hydroxyl groups is 1. The number of ether oxygens (including phenoxy) is 1. The first-order valence-electron chi connectivity index (χ1n) is 4.48. The molecule has 0 heterocycles. The number of rotatable bonds is 4. The largest absolute Gasteiger partial charge is 0.508 e. The fourth-order valence-corrected chi connectivity index (χ4v) is 1.14. The van der Waals surface area contributed by atoms with Gasteiger partial charge in [-0.2, -0.15) is 0 Å². The third-order valence-corrected chi connectivity index (χ3v) is 1.89. The minimum absolute atomic E-state index is 0.181. The molecule has 15 heavy (non-hydrogen) atoms. The number of hydrogen-bond donors (Lipinski definition) is 2. The molecule has 0 spiro atoms. The second-order valence-corrected chi connectivity index (χ2v) is 3.08. The van der Waals surface area contributed by atoms with Crippen molar-refractivity contribution in [1.29, 1.82) is 0 Å². The number of benzene rings is 1. The quantitative estimate of drug-likeness (QED) is 0.569. The lowest BCUT2D eigenvalue weighted by molar-refractivity contribution is -0.139. The van der Waals surface area contributed by atoms with Gasteiger partial charge in [-0.3, -0.25) is 0 Å². The number of carbonyl (C=O) groups excluding carboxylic acids is 1. The van der Waals surface area contributed by atoms with Crippen LogP contribution in [0.5, 0.6) is 5.75 Å². The topological polar surface area (TPSA) is 72.5 Å². The number of esters is 1. The van der Waals surface area contributed by atoms with Gasteiger partial charge < -0.3 is 15.6 Å². The number of nitrogens with two attached hydrogens (primary N) is 1. The smallest absolute Gasteiger partial charge is 0.328 e. The van der Waals surface area contributed by atoms with Gasteiger partial charge in [0.15, 0.2) is 0 Å². The highest BCUT2D eigenvalue weighted by molar-refractivity contribution is 5.76. The van der Waals surface area contributed by atoms with Gasteiger partial charge in [0.1, 0.15) is 11.8 Å². The third-order valence-electron chi connectivity index (χ3n) is 1.89. The predicted molar refractivity (Wildman–Crippen MR) is 56.1 cm³/mol. The van der Waals surface area contributed by atoms with Crippen molar-refractivity contribution in [3.63, 3.8) is 0 Å². The first-order valence-corrected chi connectivity index (χ1v) is 4.48. The van der Waals surface area contributed by atoms with Crippen LogP contribution in [0.1, 0.15) is 5.56 Å². The number of hydrogen-bond acceptors (Lipinski definition) is 4. The molecule has 0 aliphatic carbocycles. The fourth-order valence-electron chi connectivity index (χ4n) is 1.14. The van der Waals surface area contributed by atoms with E-state index in [0.29, 0.717) is 6.42 Å². The second kappa shape index (κ2) is 5.17. The van der Waals surface area contributed by atoms with Gasteiger partial charge in [0, 0.05) is 0 Å². The van der Waals surface area contributed by atoms with Crippen LogP contribution in [0.25, 0.3) is 0 Å². The van der Waals surface area contributed by atoms with E-state index in [-0.39, 0.29) is 5.75 Å². The lowest BCUT2D eigenvalue weighted by Gasteiger charge is -2.08. The summed E-state index contributed by atoms with van der Waals surface area (Å²) in [4.78, 5) is 11.1. The second-order valence-electron chi connectivity index (χ2n) is 3.08. The minimum atomic E-state index is -0.715. The monoisotopic (exact) mass is 207 g/mol. The first kappa shape index (κ1) is 11.3. The molecule has 0 aliphatic rings. The highest BCUT2D eigenvalue weighted by Gasteiger charge is 2.14. The Labute approximate surface area is 88.0 Å². The van der Waals surface area contributed by atoms with Crippen LogP contribution in [0.3, 0.4) is 0 Å². The van der Waals surface area contributed by atoms with E-state index < -0.39 is 12.0 Å². The fraction of sp³-hybridized carbons (Fsp3) is 0.182. The van der Waals surface area contributed by atoms with Gasteiger partial charge >= 0.3 is 5.97 Å². The van der Waals surface area contributed by atoms with E-state index in [1.54, 1.807) is 24.3 Å². The average molecular weight is 207 g/mol. The maximum atomic E-state index is 11.1. The summed E-state index contributed by atoms with van der Waals surface area (Å²) in [7, 11) is 0. The maximum absolute atomic E-state index is 11.1. The maximum Gasteiger partial charge on any atom is 0.328 e. The summed E-state index contributed by atoms with van der Waals surface area (Å²) in [5.74, 6) is -0.334. The molecule has 1 rings (SSSR count). The third kappa shape index (κ3) is 3.44. The Morgan fingerprint density at radius 3 is 2.67 bits per heavy atom. The highest BCUT2D eigenvalue weighted by atomic mass is 16.5. The van der Waals surface area contributed by atoms with Crippen LogP contribution in [-0.4, -0.2) is 17.1 Å². The molecule has 0 aliphatic heterocycles. The van der Waals surface area contributed by atoms with Gasteiger partial charge in [-0.1, -0.05) is 18.7 Å². The molecule has 1 atom stereocenters.